The van der Waals surface area contributed by atoms with Gasteiger partial charge in [0, 0.05) is 12.8 Å². The smallest absolute Gasteiger partial charge is 0.230 e. The van der Waals surface area contributed by atoms with Crippen LogP contribution in [0.2, 0.25) is 0 Å². The molecule has 2 amide bonds. The third-order valence-electron chi connectivity index (χ3n) is 1.41. The molecule has 0 aromatic carbocycles. The molecule has 4 heteroatoms. The Morgan fingerprint density at radius 1 is 1.40 bits per heavy atom. The number of likely N-dealkylation sites (tertiary alicyclic amines) is 1. The van der Waals surface area contributed by atoms with Crippen molar-refractivity contribution < 1.29 is 9.59 Å². The fourth-order valence-electron chi connectivity index (χ4n) is 0.896. The first-order valence-electron chi connectivity index (χ1n) is 3.08. The second-order valence-electron chi connectivity index (χ2n) is 2.13. The van der Waals surface area contributed by atoms with Gasteiger partial charge in [-0.05, 0) is 6.26 Å². The molecular formula is C6H9NO2S. The van der Waals surface area contributed by atoms with Gasteiger partial charge in [-0.25, -0.2) is 0 Å². The molecule has 0 bridgehead atoms. The van der Waals surface area contributed by atoms with E-state index in [0.717, 1.165) is 0 Å². The molecule has 0 N–H and O–H groups in total. The normalized spacial score (nSPS) is 18.7. The third-order valence-corrected chi connectivity index (χ3v) is 1.93. The van der Waals surface area contributed by atoms with E-state index in [0.29, 0.717) is 18.7 Å². The maximum absolute atomic E-state index is 10.9. The van der Waals surface area contributed by atoms with Crippen molar-refractivity contribution in [1.29, 1.82) is 0 Å². The summed E-state index contributed by atoms with van der Waals surface area (Å²) in [7, 11) is 0. The lowest BCUT2D eigenvalue weighted by Gasteiger charge is -2.10. The number of carbonyl (C=O) groups excluding carboxylic acids is 2. The Morgan fingerprint density at radius 2 is 1.90 bits per heavy atom. The number of carbonyl (C=O) groups is 2. The molecule has 1 aliphatic rings. The number of thioether (sulfide) groups is 1. The van der Waals surface area contributed by atoms with Crippen molar-refractivity contribution in [2.45, 2.75) is 12.8 Å². The first-order chi connectivity index (χ1) is 4.75. The highest BCUT2D eigenvalue weighted by molar-refractivity contribution is 7.98. The Bertz CT molecular complexity index is 153. The van der Waals surface area contributed by atoms with Crippen LogP contribution in [0.15, 0.2) is 0 Å². The molecule has 56 valence electrons. The van der Waals surface area contributed by atoms with E-state index in [2.05, 4.69) is 0 Å². The van der Waals surface area contributed by atoms with Gasteiger partial charge < -0.3 is 0 Å². The predicted molar refractivity (Wildman–Crippen MR) is 39.5 cm³/mol. The summed E-state index contributed by atoms with van der Waals surface area (Å²) in [4.78, 5) is 23.0. The second kappa shape index (κ2) is 3.05. The molecule has 0 saturated carbocycles. The topological polar surface area (TPSA) is 37.4 Å². The molecule has 0 atom stereocenters. The van der Waals surface area contributed by atoms with Crippen LogP contribution < -0.4 is 0 Å². The first-order valence-corrected chi connectivity index (χ1v) is 4.47. The molecule has 0 aromatic rings. The molecule has 1 saturated heterocycles. The Morgan fingerprint density at radius 3 is 2.30 bits per heavy atom. The molecule has 0 unspecified atom stereocenters. The average Bonchev–Trinajstić information content (AvgIpc) is 2.20. The van der Waals surface area contributed by atoms with Crippen molar-refractivity contribution >= 4 is 23.6 Å². The van der Waals surface area contributed by atoms with Crippen molar-refractivity contribution in [3.8, 4) is 0 Å². The monoisotopic (exact) mass is 159 g/mol. The van der Waals surface area contributed by atoms with E-state index in [4.69, 9.17) is 0 Å². The zero-order valence-corrected chi connectivity index (χ0v) is 6.61. The molecule has 0 spiro atoms. The SMILES string of the molecule is CSCN1C(=O)CCC1=O. The minimum Gasteiger partial charge on any atom is -0.274 e. The molecular weight excluding hydrogens is 150 g/mol. The van der Waals surface area contributed by atoms with Crippen LogP contribution >= 0.6 is 11.8 Å². The number of hydrogen-bond donors (Lipinski definition) is 0. The van der Waals surface area contributed by atoms with Gasteiger partial charge in [-0.2, -0.15) is 0 Å². The van der Waals surface area contributed by atoms with Gasteiger partial charge in [0.2, 0.25) is 11.8 Å². The number of nitrogens with zero attached hydrogens (tertiary/aromatic N) is 1. The molecule has 1 aliphatic heterocycles. The van der Waals surface area contributed by atoms with Gasteiger partial charge in [0.05, 0.1) is 5.88 Å². The van der Waals surface area contributed by atoms with Gasteiger partial charge in [-0.3, -0.25) is 14.5 Å². The van der Waals surface area contributed by atoms with Crippen LogP contribution in [0.25, 0.3) is 0 Å². The Kier molecular flexibility index (Phi) is 2.32. The number of hydrogen-bond acceptors (Lipinski definition) is 3. The van der Waals surface area contributed by atoms with Gasteiger partial charge in [-0.15, -0.1) is 11.8 Å². The van der Waals surface area contributed by atoms with Crippen LogP contribution in [-0.2, 0) is 9.59 Å². The highest BCUT2D eigenvalue weighted by atomic mass is 32.2. The number of imide groups is 1. The largest absolute Gasteiger partial charge is 0.274 e. The van der Waals surface area contributed by atoms with E-state index in [9.17, 15) is 9.59 Å². The van der Waals surface area contributed by atoms with Gasteiger partial charge in [0.1, 0.15) is 0 Å². The zero-order chi connectivity index (χ0) is 7.56. The summed E-state index contributed by atoms with van der Waals surface area (Å²) >= 11 is 1.49. The van der Waals surface area contributed by atoms with Gasteiger partial charge in [0.25, 0.3) is 0 Å². The standard InChI is InChI=1S/C6H9NO2S/c1-10-4-7-5(8)2-3-6(7)9/h2-4H2,1H3. The van der Waals surface area contributed by atoms with E-state index >= 15 is 0 Å². The summed E-state index contributed by atoms with van der Waals surface area (Å²) in [6, 6.07) is 0. The lowest BCUT2D eigenvalue weighted by atomic mass is 10.4. The van der Waals surface area contributed by atoms with Crippen molar-refractivity contribution in [2.24, 2.45) is 0 Å². The Hall–Kier alpha value is -0.510. The molecule has 1 heterocycles. The van der Waals surface area contributed by atoms with Crippen molar-refractivity contribution in [3.63, 3.8) is 0 Å². The van der Waals surface area contributed by atoms with Gasteiger partial charge in [0.15, 0.2) is 0 Å². The van der Waals surface area contributed by atoms with E-state index in [-0.39, 0.29) is 11.8 Å². The molecule has 0 aliphatic carbocycles. The summed E-state index contributed by atoms with van der Waals surface area (Å²) in [6.07, 6.45) is 2.68. The van der Waals surface area contributed by atoms with Crippen LogP contribution in [-0.4, -0.2) is 28.8 Å². The highest BCUT2D eigenvalue weighted by Crippen LogP contribution is 2.13. The maximum atomic E-state index is 10.9. The lowest BCUT2D eigenvalue weighted by Crippen LogP contribution is -2.28. The van der Waals surface area contributed by atoms with Crippen LogP contribution in [0, 0.1) is 0 Å². The van der Waals surface area contributed by atoms with Crippen LogP contribution in [0.4, 0.5) is 0 Å². The van der Waals surface area contributed by atoms with Crippen molar-refractivity contribution in [3.05, 3.63) is 0 Å². The highest BCUT2D eigenvalue weighted by Gasteiger charge is 2.27. The summed E-state index contributed by atoms with van der Waals surface area (Å²) < 4.78 is 0. The molecule has 0 aromatic heterocycles. The fraction of sp³-hybridized carbons (Fsp3) is 0.667. The molecule has 1 fully saturated rings. The first kappa shape index (κ1) is 7.60. The van der Waals surface area contributed by atoms with Gasteiger partial charge in [-0.1, -0.05) is 0 Å². The quantitative estimate of drug-likeness (QED) is 0.549. The second-order valence-corrected chi connectivity index (χ2v) is 2.97. The van der Waals surface area contributed by atoms with Crippen LogP contribution in [0.1, 0.15) is 12.8 Å². The van der Waals surface area contributed by atoms with Crippen molar-refractivity contribution in [1.82, 2.24) is 4.90 Å². The van der Waals surface area contributed by atoms with Crippen LogP contribution in [0.5, 0.6) is 0 Å². The minimum absolute atomic E-state index is 0.0284. The Balaban J connectivity index is 2.54. The van der Waals surface area contributed by atoms with E-state index in [1.165, 1.54) is 16.7 Å². The average molecular weight is 159 g/mol. The van der Waals surface area contributed by atoms with E-state index in [1.54, 1.807) is 0 Å². The lowest BCUT2D eigenvalue weighted by molar-refractivity contribution is -0.137. The summed E-state index contributed by atoms with van der Waals surface area (Å²) in [6.45, 7) is 0. The fourth-order valence-corrected chi connectivity index (χ4v) is 1.44. The molecule has 10 heavy (non-hydrogen) atoms. The minimum atomic E-state index is -0.0284. The van der Waals surface area contributed by atoms with Crippen molar-refractivity contribution in [2.75, 3.05) is 12.1 Å². The van der Waals surface area contributed by atoms with E-state index in [1.807, 2.05) is 6.26 Å². The predicted octanol–water partition coefficient (Wildman–Crippen LogP) is 0.456. The maximum Gasteiger partial charge on any atom is 0.230 e. The summed E-state index contributed by atoms with van der Waals surface area (Å²) in [5, 5.41) is 0. The number of rotatable bonds is 2. The molecule has 3 nitrogen and oxygen atoms in total. The van der Waals surface area contributed by atoms with E-state index < -0.39 is 0 Å². The van der Waals surface area contributed by atoms with Crippen LogP contribution in [0.3, 0.4) is 0 Å². The third kappa shape index (κ3) is 1.31. The molecule has 0 radical (unpaired) electrons. The number of amides is 2. The Labute approximate surface area is 63.8 Å². The zero-order valence-electron chi connectivity index (χ0n) is 5.79. The summed E-state index contributed by atoms with van der Waals surface area (Å²) in [5.41, 5.74) is 0. The van der Waals surface area contributed by atoms with Gasteiger partial charge >= 0.3 is 0 Å². The molecule has 1 rings (SSSR count). The summed E-state index contributed by atoms with van der Waals surface area (Å²) in [5.74, 6) is 0.455.